The second-order valence-electron chi connectivity index (χ2n) is 2.92. The van der Waals surface area contributed by atoms with Gasteiger partial charge in [-0.15, -0.1) is 13.2 Å². The Labute approximate surface area is 88.2 Å². The van der Waals surface area contributed by atoms with Crippen LogP contribution in [0.1, 0.15) is 16.1 Å². The molecule has 5 nitrogen and oxygen atoms in total. The molecule has 0 aromatic carbocycles. The van der Waals surface area contributed by atoms with Crippen LogP contribution >= 0.6 is 0 Å². The Morgan fingerprint density at radius 3 is 2.50 bits per heavy atom. The normalized spacial score (nSPS) is 11.2. The number of alkyl halides is 3. The van der Waals surface area contributed by atoms with Crippen molar-refractivity contribution in [3.63, 3.8) is 0 Å². The number of nitrogens with two attached hydrogens (primary N) is 2. The van der Waals surface area contributed by atoms with E-state index in [9.17, 15) is 18.0 Å². The molecule has 1 heterocycles. The molecule has 0 atom stereocenters. The molecule has 1 aromatic rings. The predicted molar refractivity (Wildman–Crippen MR) is 48.6 cm³/mol. The van der Waals surface area contributed by atoms with Gasteiger partial charge in [-0.1, -0.05) is 0 Å². The molecule has 0 bridgehead atoms. The van der Waals surface area contributed by atoms with E-state index in [-0.39, 0.29) is 16.9 Å². The second-order valence-corrected chi connectivity index (χ2v) is 2.92. The van der Waals surface area contributed by atoms with Crippen molar-refractivity contribution in [1.82, 2.24) is 4.98 Å². The van der Waals surface area contributed by atoms with Crippen LogP contribution in [0.25, 0.3) is 0 Å². The lowest BCUT2D eigenvalue weighted by Gasteiger charge is -2.13. The number of amides is 1. The first-order chi connectivity index (χ1) is 7.22. The summed E-state index contributed by atoms with van der Waals surface area (Å²) in [7, 11) is 0. The number of carbonyl (C=O) groups excluding carboxylic acids is 1. The number of aromatic nitrogens is 1. The van der Waals surface area contributed by atoms with E-state index in [0.717, 1.165) is 0 Å². The third-order valence-corrected chi connectivity index (χ3v) is 1.79. The number of carbonyl (C=O) groups is 1. The summed E-state index contributed by atoms with van der Waals surface area (Å²) < 4.78 is 39.4. The number of ether oxygens (including phenoxy) is 1. The smallest absolute Gasteiger partial charge is 0.402 e. The number of primary amides is 1. The lowest BCUT2D eigenvalue weighted by atomic mass is 10.1. The van der Waals surface area contributed by atoms with E-state index >= 15 is 0 Å². The van der Waals surface area contributed by atoms with Gasteiger partial charge in [-0.3, -0.25) is 4.79 Å². The lowest BCUT2D eigenvalue weighted by molar-refractivity contribution is -0.274. The lowest BCUT2D eigenvalue weighted by Crippen LogP contribution is -2.20. The van der Waals surface area contributed by atoms with E-state index in [2.05, 4.69) is 9.72 Å². The first-order valence-electron chi connectivity index (χ1n) is 4.03. The van der Waals surface area contributed by atoms with Crippen LogP contribution in [0.5, 0.6) is 5.75 Å². The van der Waals surface area contributed by atoms with Crippen molar-refractivity contribution >= 4 is 11.6 Å². The summed E-state index contributed by atoms with van der Waals surface area (Å²) in [5.74, 6) is -1.53. The van der Waals surface area contributed by atoms with Crippen LogP contribution in [0.15, 0.2) is 6.20 Å². The van der Waals surface area contributed by atoms with Crippen LogP contribution in [0.3, 0.4) is 0 Å². The van der Waals surface area contributed by atoms with Crippen molar-refractivity contribution in [3.05, 3.63) is 17.5 Å². The van der Waals surface area contributed by atoms with E-state index in [1.165, 1.54) is 6.92 Å². The third kappa shape index (κ3) is 2.53. The monoisotopic (exact) mass is 235 g/mol. The van der Waals surface area contributed by atoms with Crippen molar-refractivity contribution in [2.75, 3.05) is 5.73 Å². The molecule has 0 aliphatic rings. The first-order valence-corrected chi connectivity index (χ1v) is 4.03. The Bertz CT molecular complexity index is 431. The summed E-state index contributed by atoms with van der Waals surface area (Å²) in [5, 5.41) is 0. The van der Waals surface area contributed by atoms with E-state index in [1.807, 2.05) is 0 Å². The average Bonchev–Trinajstić information content (AvgIpc) is 2.10. The van der Waals surface area contributed by atoms with Gasteiger partial charge in [0.15, 0.2) is 5.75 Å². The molecule has 1 amide bonds. The number of nitrogen functional groups attached to an aromatic ring is 1. The average molecular weight is 235 g/mol. The number of halogens is 3. The van der Waals surface area contributed by atoms with Gasteiger partial charge in [-0.25, -0.2) is 4.98 Å². The fourth-order valence-electron chi connectivity index (χ4n) is 1.06. The van der Waals surface area contributed by atoms with Gasteiger partial charge in [0.2, 0.25) is 0 Å². The number of hydrogen-bond acceptors (Lipinski definition) is 4. The molecule has 8 heteroatoms. The zero-order valence-corrected chi connectivity index (χ0v) is 8.13. The van der Waals surface area contributed by atoms with Crippen molar-refractivity contribution in [3.8, 4) is 5.75 Å². The Balaban J connectivity index is 3.17. The molecule has 16 heavy (non-hydrogen) atoms. The minimum absolute atomic E-state index is 0.0502. The predicted octanol–water partition coefficient (Wildman–Crippen LogP) is 0.970. The summed E-state index contributed by atoms with van der Waals surface area (Å²) in [6, 6.07) is 0. The minimum atomic E-state index is -4.86. The molecule has 4 N–H and O–H groups in total. The molecule has 1 rings (SSSR count). The van der Waals surface area contributed by atoms with Crippen molar-refractivity contribution in [1.29, 1.82) is 0 Å². The number of nitrogens with zero attached hydrogens (tertiary/aromatic N) is 1. The van der Waals surface area contributed by atoms with Crippen LogP contribution in [-0.4, -0.2) is 17.3 Å². The SMILES string of the molecule is Cc1c(C(N)=O)ncc(OC(F)(F)F)c1N. The van der Waals surface area contributed by atoms with Crippen molar-refractivity contribution in [2.45, 2.75) is 13.3 Å². The van der Waals surface area contributed by atoms with E-state index in [0.29, 0.717) is 6.20 Å². The van der Waals surface area contributed by atoms with Gasteiger partial charge in [-0.2, -0.15) is 0 Å². The molecule has 0 saturated heterocycles. The highest BCUT2D eigenvalue weighted by Crippen LogP contribution is 2.30. The summed E-state index contributed by atoms with van der Waals surface area (Å²) in [4.78, 5) is 14.3. The Morgan fingerprint density at radius 2 is 2.06 bits per heavy atom. The zero-order chi connectivity index (χ0) is 12.5. The highest BCUT2D eigenvalue weighted by Gasteiger charge is 2.32. The van der Waals surface area contributed by atoms with Crippen LogP contribution in [0.4, 0.5) is 18.9 Å². The summed E-state index contributed by atoms with van der Waals surface area (Å²) in [6.45, 7) is 1.33. The quantitative estimate of drug-likeness (QED) is 0.798. The second kappa shape index (κ2) is 3.87. The van der Waals surface area contributed by atoms with Gasteiger partial charge >= 0.3 is 6.36 Å². The molecule has 0 aliphatic heterocycles. The highest BCUT2D eigenvalue weighted by molar-refractivity contribution is 5.94. The van der Waals surface area contributed by atoms with Gasteiger partial charge in [0, 0.05) is 5.56 Å². The van der Waals surface area contributed by atoms with Gasteiger partial charge in [0.1, 0.15) is 5.69 Å². The molecule has 88 valence electrons. The maximum atomic E-state index is 11.9. The standard InChI is InChI=1S/C8H8F3N3O2/c1-3-5(12)4(16-8(9,10)11)2-14-6(3)7(13)15/h2H,1H3,(H2,12,14)(H2,13,15). The fourth-order valence-corrected chi connectivity index (χ4v) is 1.06. The first kappa shape index (κ1) is 12.1. The van der Waals surface area contributed by atoms with E-state index in [1.54, 1.807) is 0 Å². The summed E-state index contributed by atoms with van der Waals surface area (Å²) in [6.07, 6.45) is -4.16. The molecule has 0 saturated carbocycles. The Kier molecular flexibility index (Phi) is 2.92. The van der Waals surface area contributed by atoms with Crippen molar-refractivity contribution in [2.24, 2.45) is 5.73 Å². The highest BCUT2D eigenvalue weighted by atomic mass is 19.4. The Hall–Kier alpha value is -1.99. The largest absolute Gasteiger partial charge is 0.573 e. The van der Waals surface area contributed by atoms with Crippen LogP contribution in [-0.2, 0) is 0 Å². The van der Waals surface area contributed by atoms with Gasteiger partial charge in [-0.05, 0) is 6.92 Å². The summed E-state index contributed by atoms with van der Waals surface area (Å²) >= 11 is 0. The number of pyridine rings is 1. The van der Waals surface area contributed by atoms with Crippen LogP contribution in [0.2, 0.25) is 0 Å². The molecule has 0 aliphatic carbocycles. The molecule has 1 aromatic heterocycles. The Morgan fingerprint density at radius 1 is 1.50 bits per heavy atom. The number of rotatable bonds is 2. The van der Waals surface area contributed by atoms with E-state index < -0.39 is 18.0 Å². The molecule has 0 radical (unpaired) electrons. The topological polar surface area (TPSA) is 91.2 Å². The molecular weight excluding hydrogens is 227 g/mol. The van der Waals surface area contributed by atoms with Gasteiger partial charge in [0.25, 0.3) is 5.91 Å². The maximum Gasteiger partial charge on any atom is 0.573 e. The molecule has 0 unspecified atom stereocenters. The number of anilines is 1. The molecule has 0 fully saturated rings. The van der Waals surface area contributed by atoms with Crippen LogP contribution in [0, 0.1) is 6.92 Å². The summed E-state index contributed by atoms with van der Waals surface area (Å²) in [5.41, 5.74) is 9.84. The zero-order valence-electron chi connectivity index (χ0n) is 8.13. The van der Waals surface area contributed by atoms with Crippen molar-refractivity contribution < 1.29 is 22.7 Å². The minimum Gasteiger partial charge on any atom is -0.402 e. The van der Waals surface area contributed by atoms with Gasteiger partial charge in [0.05, 0.1) is 11.9 Å². The molecular formula is C8H8F3N3O2. The number of hydrogen-bond donors (Lipinski definition) is 2. The maximum absolute atomic E-state index is 11.9. The van der Waals surface area contributed by atoms with E-state index in [4.69, 9.17) is 11.5 Å². The van der Waals surface area contributed by atoms with Crippen LogP contribution < -0.4 is 16.2 Å². The molecule has 0 spiro atoms. The van der Waals surface area contributed by atoms with Gasteiger partial charge < -0.3 is 16.2 Å². The third-order valence-electron chi connectivity index (χ3n) is 1.79. The fraction of sp³-hybridized carbons (Fsp3) is 0.250.